The van der Waals surface area contributed by atoms with Crippen LogP contribution in [0.2, 0.25) is 5.02 Å². The van der Waals surface area contributed by atoms with Crippen LogP contribution in [0.1, 0.15) is 5.56 Å². The van der Waals surface area contributed by atoms with Crippen LogP contribution in [0.3, 0.4) is 0 Å². The molecule has 108 valence electrons. The molecule has 0 unspecified atom stereocenters. The van der Waals surface area contributed by atoms with E-state index in [1.54, 1.807) is 6.08 Å². The van der Waals surface area contributed by atoms with Crippen molar-refractivity contribution < 1.29 is 9.72 Å². The van der Waals surface area contributed by atoms with Gasteiger partial charge in [0.1, 0.15) is 4.32 Å². The second kappa shape index (κ2) is 6.38. The molecule has 0 radical (unpaired) electrons. The Kier molecular flexibility index (Phi) is 4.76. The maximum Gasteiger partial charge on any atom is 0.270 e. The van der Waals surface area contributed by atoms with E-state index in [2.05, 4.69) is 6.58 Å². The van der Waals surface area contributed by atoms with Crippen molar-refractivity contribution in [2.45, 2.75) is 0 Å². The number of carbonyl (C=O) groups excluding carboxylic acids is 1. The highest BCUT2D eigenvalue weighted by Crippen LogP contribution is 2.34. The smallest absolute Gasteiger partial charge is 0.270 e. The first-order valence-electron chi connectivity index (χ1n) is 5.74. The Hall–Kier alpha value is -1.70. The Morgan fingerprint density at radius 2 is 2.24 bits per heavy atom. The third-order valence-corrected chi connectivity index (χ3v) is 4.38. The molecule has 1 amide bonds. The fourth-order valence-electron chi connectivity index (χ4n) is 1.68. The van der Waals surface area contributed by atoms with E-state index in [0.29, 0.717) is 26.4 Å². The van der Waals surface area contributed by atoms with Crippen LogP contribution in [0.5, 0.6) is 0 Å². The molecule has 0 bridgehead atoms. The normalized spacial score (nSPS) is 16.6. The van der Waals surface area contributed by atoms with Crippen molar-refractivity contribution in [3.05, 3.63) is 56.5 Å². The van der Waals surface area contributed by atoms with E-state index in [9.17, 15) is 14.9 Å². The summed E-state index contributed by atoms with van der Waals surface area (Å²) in [6, 6.07) is 4.06. The monoisotopic (exact) mass is 340 g/mol. The molecule has 2 rings (SSSR count). The Labute approximate surface area is 135 Å². The SMILES string of the molecule is C=CCN1C(=O)/C(=C\c2cc([N+](=O)[O-])ccc2Cl)SC1=S. The number of thiocarbonyl (C=S) groups is 1. The minimum atomic E-state index is -0.517. The van der Waals surface area contributed by atoms with E-state index in [4.69, 9.17) is 23.8 Å². The average molecular weight is 341 g/mol. The Bertz CT molecular complexity index is 688. The molecule has 0 N–H and O–H groups in total. The predicted octanol–water partition coefficient (Wildman–Crippen LogP) is 3.64. The second-order valence-corrected chi connectivity index (χ2v) is 6.13. The van der Waals surface area contributed by atoms with Crippen molar-refractivity contribution in [1.82, 2.24) is 4.90 Å². The van der Waals surface area contributed by atoms with Crippen molar-refractivity contribution in [2.24, 2.45) is 0 Å². The molecule has 0 spiro atoms. The fraction of sp³-hybridized carbons (Fsp3) is 0.0769. The van der Waals surface area contributed by atoms with Crippen LogP contribution in [0.25, 0.3) is 6.08 Å². The van der Waals surface area contributed by atoms with E-state index in [-0.39, 0.29) is 11.6 Å². The van der Waals surface area contributed by atoms with Gasteiger partial charge in [-0.3, -0.25) is 19.8 Å². The molecule has 1 fully saturated rings. The largest absolute Gasteiger partial charge is 0.289 e. The summed E-state index contributed by atoms with van der Waals surface area (Å²) in [5.41, 5.74) is 0.317. The van der Waals surface area contributed by atoms with Gasteiger partial charge >= 0.3 is 0 Å². The van der Waals surface area contributed by atoms with Gasteiger partial charge in [0.05, 0.1) is 9.83 Å². The highest BCUT2D eigenvalue weighted by Gasteiger charge is 2.31. The second-order valence-electron chi connectivity index (χ2n) is 4.04. The zero-order valence-corrected chi connectivity index (χ0v) is 13.0. The van der Waals surface area contributed by atoms with Gasteiger partial charge in [0.25, 0.3) is 11.6 Å². The molecular formula is C13H9ClN2O3S2. The Morgan fingerprint density at radius 3 is 2.86 bits per heavy atom. The van der Waals surface area contributed by atoms with E-state index in [1.165, 1.54) is 29.2 Å². The lowest BCUT2D eigenvalue weighted by molar-refractivity contribution is -0.384. The molecule has 1 heterocycles. The molecule has 0 aromatic heterocycles. The number of thioether (sulfide) groups is 1. The molecule has 21 heavy (non-hydrogen) atoms. The van der Waals surface area contributed by atoms with E-state index in [1.807, 2.05) is 0 Å². The number of hydrogen-bond acceptors (Lipinski definition) is 5. The number of nitrogens with zero attached hydrogens (tertiary/aromatic N) is 2. The number of non-ortho nitro benzene ring substituents is 1. The topological polar surface area (TPSA) is 63.5 Å². The zero-order valence-electron chi connectivity index (χ0n) is 10.6. The van der Waals surface area contributed by atoms with Gasteiger partial charge in [-0.15, -0.1) is 6.58 Å². The highest BCUT2D eigenvalue weighted by atomic mass is 35.5. The molecule has 0 saturated carbocycles. The molecule has 1 aliphatic rings. The van der Waals surface area contributed by atoms with Crippen molar-refractivity contribution in [3.63, 3.8) is 0 Å². The summed E-state index contributed by atoms with van der Waals surface area (Å²) in [6.45, 7) is 3.89. The van der Waals surface area contributed by atoms with Crippen LogP contribution in [-0.4, -0.2) is 26.6 Å². The summed E-state index contributed by atoms with van der Waals surface area (Å²) in [5.74, 6) is -0.257. The summed E-state index contributed by atoms with van der Waals surface area (Å²) in [5, 5.41) is 11.1. The zero-order chi connectivity index (χ0) is 15.6. The number of hydrogen-bond donors (Lipinski definition) is 0. The molecule has 0 aliphatic carbocycles. The molecule has 5 nitrogen and oxygen atoms in total. The number of nitro benzene ring substituents is 1. The van der Waals surface area contributed by atoms with Crippen LogP contribution in [-0.2, 0) is 4.79 Å². The minimum absolute atomic E-state index is 0.0905. The number of halogens is 1. The summed E-state index contributed by atoms with van der Waals surface area (Å²) >= 11 is 12.3. The first kappa shape index (κ1) is 15.7. The fourth-order valence-corrected chi connectivity index (χ4v) is 3.12. The molecule has 1 aromatic rings. The quantitative estimate of drug-likeness (QED) is 0.275. The summed E-state index contributed by atoms with van der Waals surface area (Å²) in [6.07, 6.45) is 3.09. The minimum Gasteiger partial charge on any atom is -0.289 e. The van der Waals surface area contributed by atoms with Crippen molar-refractivity contribution in [1.29, 1.82) is 0 Å². The van der Waals surface area contributed by atoms with E-state index < -0.39 is 4.92 Å². The van der Waals surface area contributed by atoms with Crippen LogP contribution in [0.15, 0.2) is 35.8 Å². The Morgan fingerprint density at radius 1 is 1.52 bits per heavy atom. The van der Waals surface area contributed by atoms with Crippen LogP contribution >= 0.6 is 35.6 Å². The van der Waals surface area contributed by atoms with Crippen molar-refractivity contribution >= 4 is 57.6 Å². The number of nitro groups is 1. The van der Waals surface area contributed by atoms with E-state index >= 15 is 0 Å². The summed E-state index contributed by atoms with van der Waals surface area (Å²) < 4.78 is 0.424. The van der Waals surface area contributed by atoms with Crippen LogP contribution in [0.4, 0.5) is 5.69 Å². The molecule has 1 aliphatic heterocycles. The number of amides is 1. The predicted molar refractivity (Wildman–Crippen MR) is 88.2 cm³/mol. The lowest BCUT2D eigenvalue weighted by Gasteiger charge is -2.10. The van der Waals surface area contributed by atoms with Gasteiger partial charge in [0, 0.05) is 29.3 Å². The van der Waals surface area contributed by atoms with Gasteiger partial charge in [-0.05, 0) is 12.1 Å². The van der Waals surface area contributed by atoms with Gasteiger partial charge < -0.3 is 0 Å². The number of benzene rings is 1. The molecule has 1 aromatic carbocycles. The Balaban J connectivity index is 2.38. The third-order valence-electron chi connectivity index (χ3n) is 2.66. The molecular weight excluding hydrogens is 332 g/mol. The lowest BCUT2D eigenvalue weighted by Crippen LogP contribution is -2.27. The lowest BCUT2D eigenvalue weighted by atomic mass is 10.2. The summed E-state index contributed by atoms with van der Waals surface area (Å²) in [7, 11) is 0. The first-order chi connectivity index (χ1) is 9.93. The van der Waals surface area contributed by atoms with Gasteiger partial charge in [0.15, 0.2) is 0 Å². The first-order valence-corrected chi connectivity index (χ1v) is 7.34. The third kappa shape index (κ3) is 3.31. The van der Waals surface area contributed by atoms with Gasteiger partial charge in [-0.2, -0.15) is 0 Å². The standard InChI is InChI=1S/C13H9ClN2O3S2/c1-2-5-15-12(17)11(21-13(15)20)7-8-6-9(16(18)19)3-4-10(8)14/h2-4,6-7H,1,5H2/b11-7+. The maximum atomic E-state index is 12.2. The summed E-state index contributed by atoms with van der Waals surface area (Å²) in [4.78, 5) is 24.2. The van der Waals surface area contributed by atoms with Crippen LogP contribution in [0, 0.1) is 10.1 Å². The number of rotatable bonds is 4. The molecule has 8 heteroatoms. The van der Waals surface area contributed by atoms with Gasteiger partial charge in [-0.1, -0.05) is 41.7 Å². The molecule has 1 saturated heterocycles. The maximum absolute atomic E-state index is 12.2. The van der Waals surface area contributed by atoms with Crippen LogP contribution < -0.4 is 0 Å². The number of carbonyl (C=O) groups is 1. The van der Waals surface area contributed by atoms with Gasteiger partial charge in [-0.25, -0.2) is 0 Å². The average Bonchev–Trinajstić information content (AvgIpc) is 2.69. The van der Waals surface area contributed by atoms with E-state index in [0.717, 1.165) is 11.8 Å². The van der Waals surface area contributed by atoms with Crippen molar-refractivity contribution in [2.75, 3.05) is 6.54 Å². The molecule has 0 atom stereocenters. The van der Waals surface area contributed by atoms with Crippen molar-refractivity contribution in [3.8, 4) is 0 Å². The van der Waals surface area contributed by atoms with Gasteiger partial charge in [0.2, 0.25) is 0 Å². The highest BCUT2D eigenvalue weighted by molar-refractivity contribution is 8.26.